The molecule has 4 nitrogen and oxygen atoms in total. The van der Waals surface area contributed by atoms with Crippen molar-refractivity contribution in [3.05, 3.63) is 29.8 Å². The minimum absolute atomic E-state index is 0.158. The van der Waals surface area contributed by atoms with Crippen LogP contribution in [0.1, 0.15) is 24.8 Å². The highest BCUT2D eigenvalue weighted by Gasteiger charge is 2.44. The Labute approximate surface area is 113 Å². The van der Waals surface area contributed by atoms with Crippen molar-refractivity contribution >= 4 is 5.91 Å². The van der Waals surface area contributed by atoms with Gasteiger partial charge in [-0.3, -0.25) is 4.79 Å². The van der Waals surface area contributed by atoms with Crippen LogP contribution >= 0.6 is 0 Å². The molecule has 0 heterocycles. The maximum atomic E-state index is 11.9. The largest absolute Gasteiger partial charge is 0.492 e. The fraction of sp³-hybridized carbons (Fsp3) is 0.467. The van der Waals surface area contributed by atoms with Gasteiger partial charge in [-0.15, -0.1) is 0 Å². The highest BCUT2D eigenvalue weighted by molar-refractivity contribution is 5.86. The number of hydrogen-bond donors (Lipinski definition) is 1. The van der Waals surface area contributed by atoms with Gasteiger partial charge < -0.3 is 10.1 Å². The van der Waals surface area contributed by atoms with Crippen molar-refractivity contribution in [2.45, 2.75) is 26.2 Å². The van der Waals surface area contributed by atoms with Crippen molar-refractivity contribution < 1.29 is 9.53 Å². The lowest BCUT2D eigenvalue weighted by Gasteiger charge is -2.33. The zero-order chi connectivity index (χ0) is 13.7. The summed E-state index contributed by atoms with van der Waals surface area (Å²) in [6.07, 6.45) is 2.31. The number of amides is 1. The van der Waals surface area contributed by atoms with Gasteiger partial charge in [-0.1, -0.05) is 12.1 Å². The molecule has 1 fully saturated rings. The zero-order valence-corrected chi connectivity index (χ0v) is 11.1. The van der Waals surface area contributed by atoms with E-state index < -0.39 is 5.41 Å². The van der Waals surface area contributed by atoms with Crippen molar-refractivity contribution in [2.24, 2.45) is 5.41 Å². The van der Waals surface area contributed by atoms with E-state index in [0.717, 1.165) is 17.7 Å². The summed E-state index contributed by atoms with van der Waals surface area (Å²) >= 11 is 0. The summed E-state index contributed by atoms with van der Waals surface area (Å²) in [5, 5.41) is 11.8. The third kappa shape index (κ3) is 3.05. The minimum Gasteiger partial charge on any atom is -0.492 e. The Bertz CT molecular complexity index is 501. The first-order valence-corrected chi connectivity index (χ1v) is 6.55. The van der Waals surface area contributed by atoms with Crippen LogP contribution in [0, 0.1) is 23.7 Å². The second kappa shape index (κ2) is 5.75. The second-order valence-corrected chi connectivity index (χ2v) is 4.97. The van der Waals surface area contributed by atoms with E-state index in [0.29, 0.717) is 26.0 Å². The van der Waals surface area contributed by atoms with Gasteiger partial charge in [-0.05, 0) is 43.9 Å². The predicted octanol–water partition coefficient (Wildman–Crippen LogP) is 2.18. The minimum atomic E-state index is -0.774. The lowest BCUT2D eigenvalue weighted by molar-refractivity contribution is -0.131. The van der Waals surface area contributed by atoms with Crippen LogP contribution in [0.3, 0.4) is 0 Å². The molecule has 1 saturated carbocycles. The maximum Gasteiger partial charge on any atom is 0.240 e. The van der Waals surface area contributed by atoms with Crippen LogP contribution in [0.25, 0.3) is 0 Å². The SMILES string of the molecule is Cc1cccc(OCCNC(=O)C2(C#N)CCC2)c1. The molecule has 0 bridgehead atoms. The zero-order valence-electron chi connectivity index (χ0n) is 11.1. The van der Waals surface area contributed by atoms with Crippen molar-refractivity contribution in [1.82, 2.24) is 5.32 Å². The Morgan fingerprint density at radius 1 is 1.53 bits per heavy atom. The van der Waals surface area contributed by atoms with E-state index >= 15 is 0 Å². The number of hydrogen-bond acceptors (Lipinski definition) is 3. The molecule has 0 atom stereocenters. The van der Waals surface area contributed by atoms with E-state index in [1.165, 1.54) is 0 Å². The van der Waals surface area contributed by atoms with Gasteiger partial charge in [0, 0.05) is 0 Å². The fourth-order valence-corrected chi connectivity index (χ4v) is 2.13. The molecule has 0 radical (unpaired) electrons. The molecule has 1 aromatic carbocycles. The number of nitriles is 1. The van der Waals surface area contributed by atoms with E-state index in [-0.39, 0.29) is 5.91 Å². The van der Waals surface area contributed by atoms with Crippen molar-refractivity contribution in [1.29, 1.82) is 5.26 Å². The molecular formula is C15H18N2O2. The first-order valence-electron chi connectivity index (χ1n) is 6.55. The second-order valence-electron chi connectivity index (χ2n) is 4.97. The van der Waals surface area contributed by atoms with E-state index in [4.69, 9.17) is 10.00 Å². The number of nitrogens with one attached hydrogen (secondary N) is 1. The standard InChI is InChI=1S/C15H18N2O2/c1-12-4-2-5-13(10-12)19-9-8-17-14(18)15(11-16)6-3-7-15/h2,4-5,10H,3,6-9H2,1H3,(H,17,18). The van der Waals surface area contributed by atoms with Crippen molar-refractivity contribution in [3.63, 3.8) is 0 Å². The molecule has 2 rings (SSSR count). The summed E-state index contributed by atoms with van der Waals surface area (Å²) in [6, 6.07) is 9.90. The van der Waals surface area contributed by atoms with Crippen LogP contribution < -0.4 is 10.1 Å². The average Bonchev–Trinajstić information content (AvgIpc) is 2.34. The van der Waals surface area contributed by atoms with Gasteiger partial charge in [-0.2, -0.15) is 5.26 Å². The van der Waals surface area contributed by atoms with E-state index in [1.807, 2.05) is 31.2 Å². The third-order valence-corrected chi connectivity index (χ3v) is 3.50. The molecular weight excluding hydrogens is 240 g/mol. The van der Waals surface area contributed by atoms with Crippen LogP contribution in [-0.4, -0.2) is 19.1 Å². The van der Waals surface area contributed by atoms with Gasteiger partial charge in [0.25, 0.3) is 0 Å². The molecule has 1 N–H and O–H groups in total. The van der Waals surface area contributed by atoms with E-state index in [1.54, 1.807) is 0 Å². The normalized spacial score (nSPS) is 16.0. The topological polar surface area (TPSA) is 62.1 Å². The first kappa shape index (κ1) is 13.4. The molecule has 0 aromatic heterocycles. The van der Waals surface area contributed by atoms with Gasteiger partial charge in [-0.25, -0.2) is 0 Å². The molecule has 19 heavy (non-hydrogen) atoms. The summed E-state index contributed by atoms with van der Waals surface area (Å²) in [4.78, 5) is 11.9. The Hall–Kier alpha value is -2.02. The molecule has 1 aliphatic carbocycles. The molecule has 1 amide bonds. The summed E-state index contributed by atoms with van der Waals surface area (Å²) < 4.78 is 5.54. The predicted molar refractivity (Wildman–Crippen MR) is 71.6 cm³/mol. The van der Waals surface area contributed by atoms with Gasteiger partial charge in [0.2, 0.25) is 5.91 Å². The van der Waals surface area contributed by atoms with Crippen LogP contribution in [-0.2, 0) is 4.79 Å². The quantitative estimate of drug-likeness (QED) is 0.823. The Morgan fingerprint density at radius 2 is 2.32 bits per heavy atom. The number of carbonyl (C=O) groups excluding carboxylic acids is 1. The van der Waals surface area contributed by atoms with Gasteiger partial charge >= 0.3 is 0 Å². The lowest BCUT2D eigenvalue weighted by atomic mass is 9.69. The molecule has 1 aliphatic rings. The molecule has 1 aromatic rings. The Balaban J connectivity index is 1.73. The number of nitrogens with zero attached hydrogens (tertiary/aromatic N) is 1. The number of benzene rings is 1. The van der Waals surface area contributed by atoms with Gasteiger partial charge in [0.05, 0.1) is 12.6 Å². The van der Waals surface area contributed by atoms with E-state index in [2.05, 4.69) is 11.4 Å². The van der Waals surface area contributed by atoms with Crippen LogP contribution in [0.15, 0.2) is 24.3 Å². The molecule has 0 saturated heterocycles. The Kier molecular flexibility index (Phi) is 4.06. The molecule has 100 valence electrons. The Morgan fingerprint density at radius 3 is 2.89 bits per heavy atom. The lowest BCUT2D eigenvalue weighted by Crippen LogP contribution is -2.45. The average molecular weight is 258 g/mol. The first-order chi connectivity index (χ1) is 9.16. The number of rotatable bonds is 5. The van der Waals surface area contributed by atoms with Crippen molar-refractivity contribution in [2.75, 3.05) is 13.2 Å². The molecule has 4 heteroatoms. The molecule has 0 spiro atoms. The van der Waals surface area contributed by atoms with Gasteiger partial charge in [0.15, 0.2) is 0 Å². The summed E-state index contributed by atoms with van der Waals surface area (Å²) in [5.74, 6) is 0.641. The summed E-state index contributed by atoms with van der Waals surface area (Å²) in [5.41, 5.74) is 0.364. The number of carbonyl (C=O) groups is 1. The maximum absolute atomic E-state index is 11.9. The third-order valence-electron chi connectivity index (χ3n) is 3.50. The van der Waals surface area contributed by atoms with Gasteiger partial charge in [0.1, 0.15) is 17.8 Å². The highest BCUT2D eigenvalue weighted by Crippen LogP contribution is 2.40. The van der Waals surface area contributed by atoms with Crippen LogP contribution in [0.4, 0.5) is 0 Å². The summed E-state index contributed by atoms with van der Waals surface area (Å²) in [6.45, 7) is 2.84. The molecule has 0 unspecified atom stereocenters. The summed E-state index contributed by atoms with van der Waals surface area (Å²) in [7, 11) is 0. The van der Waals surface area contributed by atoms with Crippen molar-refractivity contribution in [3.8, 4) is 11.8 Å². The number of ether oxygens (including phenoxy) is 1. The highest BCUT2D eigenvalue weighted by atomic mass is 16.5. The molecule has 0 aliphatic heterocycles. The van der Waals surface area contributed by atoms with E-state index in [9.17, 15) is 4.79 Å². The number of aryl methyl sites for hydroxylation is 1. The van der Waals surface area contributed by atoms with Crippen LogP contribution in [0.5, 0.6) is 5.75 Å². The fourth-order valence-electron chi connectivity index (χ4n) is 2.13. The monoisotopic (exact) mass is 258 g/mol. The smallest absolute Gasteiger partial charge is 0.240 e. The van der Waals surface area contributed by atoms with Crippen LogP contribution in [0.2, 0.25) is 0 Å².